The van der Waals surface area contributed by atoms with Gasteiger partial charge in [-0.1, -0.05) is 41.0 Å². The van der Waals surface area contributed by atoms with Crippen LogP contribution < -0.4 is 4.74 Å². The van der Waals surface area contributed by atoms with Gasteiger partial charge in [0.2, 0.25) is 17.6 Å². The minimum atomic E-state index is -0.330. The van der Waals surface area contributed by atoms with Crippen molar-refractivity contribution < 1.29 is 13.7 Å². The Morgan fingerprint density at radius 1 is 1.15 bits per heavy atom. The maximum absolute atomic E-state index is 13.6. The Morgan fingerprint density at radius 3 is 2.67 bits per heavy atom. The van der Waals surface area contributed by atoms with Crippen LogP contribution >= 0.6 is 22.9 Å². The number of aryl methyl sites for hydroxylation is 1. The van der Waals surface area contributed by atoms with Crippen LogP contribution in [0.1, 0.15) is 11.5 Å². The molecule has 136 valence electrons. The fraction of sp³-hybridized carbons (Fsp3) is 0.105. The molecular weight excluding hydrogens is 389 g/mol. The van der Waals surface area contributed by atoms with Crippen molar-refractivity contribution in [1.82, 2.24) is 15.1 Å². The monoisotopic (exact) mass is 401 g/mol. The summed E-state index contributed by atoms with van der Waals surface area (Å²) in [5.74, 6) is 0.867. The predicted molar refractivity (Wildman–Crippen MR) is 101 cm³/mol. The number of hydrogen-bond donors (Lipinski definition) is 0. The zero-order chi connectivity index (χ0) is 18.8. The molecule has 0 N–H and O–H groups in total. The smallest absolute Gasteiger partial charge is 0.237 e. The molecule has 5 nitrogen and oxygen atoms in total. The summed E-state index contributed by atoms with van der Waals surface area (Å²) in [5, 5.41) is 5.22. The van der Waals surface area contributed by atoms with Gasteiger partial charge in [-0.25, -0.2) is 9.37 Å². The van der Waals surface area contributed by atoms with Gasteiger partial charge in [0, 0.05) is 17.5 Å². The van der Waals surface area contributed by atoms with Gasteiger partial charge in [0.25, 0.3) is 0 Å². The molecule has 8 heteroatoms. The van der Waals surface area contributed by atoms with Crippen LogP contribution in [0.4, 0.5) is 4.39 Å². The number of benzene rings is 2. The second-order valence-corrected chi connectivity index (χ2v) is 7.15. The van der Waals surface area contributed by atoms with Crippen LogP contribution in [0.25, 0.3) is 21.3 Å². The highest BCUT2D eigenvalue weighted by atomic mass is 35.5. The molecule has 0 amide bonds. The van der Waals surface area contributed by atoms with Crippen molar-refractivity contribution in [3.8, 4) is 27.2 Å². The largest absolute Gasteiger partial charge is 0.472 e. The van der Waals surface area contributed by atoms with Gasteiger partial charge in [0.05, 0.1) is 0 Å². The highest BCUT2D eigenvalue weighted by molar-refractivity contribution is 7.18. The van der Waals surface area contributed by atoms with E-state index in [4.69, 9.17) is 20.9 Å². The van der Waals surface area contributed by atoms with E-state index >= 15 is 0 Å². The molecule has 2 aromatic heterocycles. The van der Waals surface area contributed by atoms with Crippen molar-refractivity contribution in [2.45, 2.75) is 13.5 Å². The molecule has 0 aliphatic carbocycles. The second kappa shape index (κ2) is 7.46. The molecular formula is C19H13ClFN3O2S. The molecule has 0 saturated carbocycles. The van der Waals surface area contributed by atoms with E-state index in [0.717, 1.165) is 5.56 Å². The lowest BCUT2D eigenvalue weighted by Crippen LogP contribution is -1.97. The normalized spacial score (nSPS) is 10.9. The van der Waals surface area contributed by atoms with E-state index in [0.29, 0.717) is 44.7 Å². The summed E-state index contributed by atoms with van der Waals surface area (Å²) in [6.07, 6.45) is 0. The molecule has 0 aliphatic rings. The van der Waals surface area contributed by atoms with Crippen LogP contribution in [-0.4, -0.2) is 15.1 Å². The molecule has 0 aliphatic heterocycles. The van der Waals surface area contributed by atoms with Crippen LogP contribution in [0, 0.1) is 12.7 Å². The number of hydrogen-bond acceptors (Lipinski definition) is 6. The summed E-state index contributed by atoms with van der Waals surface area (Å²) in [5.41, 5.74) is 1.60. The Balaban J connectivity index is 1.68. The molecule has 2 aromatic carbocycles. The Bertz CT molecular complexity index is 1080. The van der Waals surface area contributed by atoms with E-state index in [2.05, 4.69) is 15.1 Å². The summed E-state index contributed by atoms with van der Waals surface area (Å²) >= 11 is 7.23. The topological polar surface area (TPSA) is 61.0 Å². The fourth-order valence-electron chi connectivity index (χ4n) is 2.41. The van der Waals surface area contributed by atoms with Gasteiger partial charge in [-0.2, -0.15) is 4.98 Å². The number of rotatable bonds is 5. The van der Waals surface area contributed by atoms with Gasteiger partial charge in [-0.05, 0) is 29.8 Å². The number of nitrogens with zero attached hydrogens (tertiary/aromatic N) is 3. The van der Waals surface area contributed by atoms with Crippen LogP contribution in [0.15, 0.2) is 53.1 Å². The van der Waals surface area contributed by atoms with Crippen molar-refractivity contribution in [2.75, 3.05) is 0 Å². The highest BCUT2D eigenvalue weighted by Gasteiger charge is 2.20. The third-order valence-corrected chi connectivity index (χ3v) is 5.02. The Kier molecular flexibility index (Phi) is 4.87. The minimum absolute atomic E-state index is 0.299. The fourth-order valence-corrected chi connectivity index (χ4v) is 3.47. The van der Waals surface area contributed by atoms with Crippen molar-refractivity contribution in [3.63, 3.8) is 0 Å². The lowest BCUT2D eigenvalue weighted by Gasteiger charge is -2.04. The summed E-state index contributed by atoms with van der Waals surface area (Å²) in [7, 11) is 0. The van der Waals surface area contributed by atoms with Crippen LogP contribution in [0.3, 0.4) is 0 Å². The molecule has 0 radical (unpaired) electrons. The first-order chi connectivity index (χ1) is 13.1. The van der Waals surface area contributed by atoms with E-state index < -0.39 is 0 Å². The van der Waals surface area contributed by atoms with E-state index in [9.17, 15) is 4.39 Å². The van der Waals surface area contributed by atoms with Crippen LogP contribution in [0.5, 0.6) is 5.88 Å². The van der Waals surface area contributed by atoms with Crippen LogP contribution in [0.2, 0.25) is 5.02 Å². The quantitative estimate of drug-likeness (QED) is 0.439. The Labute approximate surface area is 163 Å². The standard InChI is InChI=1S/C19H13ClFN3O2S/c1-11-22-17(24-26-11)16-18(25-10-12-5-7-14(20)8-6-12)23-19(27-16)13-3-2-4-15(21)9-13/h2-9H,10H2,1H3. The molecule has 4 rings (SSSR count). The zero-order valence-corrected chi connectivity index (χ0v) is 15.7. The summed E-state index contributed by atoms with van der Waals surface area (Å²) in [6.45, 7) is 2.01. The Hall–Kier alpha value is -2.77. The van der Waals surface area contributed by atoms with Gasteiger partial charge in [-0.15, -0.1) is 11.3 Å². The van der Waals surface area contributed by atoms with E-state index in [-0.39, 0.29) is 5.82 Å². The average Bonchev–Trinajstić information content (AvgIpc) is 3.27. The summed E-state index contributed by atoms with van der Waals surface area (Å²) < 4.78 is 24.6. The molecule has 0 unspecified atom stereocenters. The Morgan fingerprint density at radius 2 is 1.96 bits per heavy atom. The predicted octanol–water partition coefficient (Wildman–Crippen LogP) is 5.54. The number of thiazole rings is 1. The van der Waals surface area contributed by atoms with Gasteiger partial charge >= 0.3 is 0 Å². The molecule has 2 heterocycles. The first kappa shape index (κ1) is 17.6. The molecule has 0 fully saturated rings. The van der Waals surface area contributed by atoms with Gasteiger partial charge in [0.1, 0.15) is 22.3 Å². The molecule has 4 aromatic rings. The maximum atomic E-state index is 13.6. The highest BCUT2D eigenvalue weighted by Crippen LogP contribution is 2.39. The van der Waals surface area contributed by atoms with E-state index in [1.165, 1.54) is 23.5 Å². The molecule has 0 atom stereocenters. The molecule has 27 heavy (non-hydrogen) atoms. The van der Waals surface area contributed by atoms with Crippen molar-refractivity contribution in [2.24, 2.45) is 0 Å². The number of ether oxygens (including phenoxy) is 1. The first-order valence-corrected chi connectivity index (χ1v) is 9.22. The van der Waals surface area contributed by atoms with Crippen molar-refractivity contribution in [3.05, 3.63) is 70.8 Å². The average molecular weight is 402 g/mol. The summed E-state index contributed by atoms with van der Waals surface area (Å²) in [4.78, 5) is 9.40. The van der Waals surface area contributed by atoms with Crippen LogP contribution in [-0.2, 0) is 6.61 Å². The molecule has 0 spiro atoms. The number of halogens is 2. The lowest BCUT2D eigenvalue weighted by molar-refractivity contribution is 0.297. The number of aromatic nitrogens is 3. The minimum Gasteiger partial charge on any atom is -0.472 e. The second-order valence-electron chi connectivity index (χ2n) is 5.72. The lowest BCUT2D eigenvalue weighted by atomic mass is 10.2. The van der Waals surface area contributed by atoms with E-state index in [1.54, 1.807) is 31.2 Å². The van der Waals surface area contributed by atoms with Gasteiger partial charge in [-0.3, -0.25) is 0 Å². The van der Waals surface area contributed by atoms with Crippen molar-refractivity contribution >= 4 is 22.9 Å². The van der Waals surface area contributed by atoms with Gasteiger partial charge in [0.15, 0.2) is 0 Å². The summed E-state index contributed by atoms with van der Waals surface area (Å²) in [6, 6.07) is 13.6. The van der Waals surface area contributed by atoms with E-state index in [1.807, 2.05) is 12.1 Å². The van der Waals surface area contributed by atoms with Gasteiger partial charge < -0.3 is 9.26 Å². The zero-order valence-electron chi connectivity index (χ0n) is 14.1. The molecule has 0 bridgehead atoms. The van der Waals surface area contributed by atoms with Crippen molar-refractivity contribution in [1.29, 1.82) is 0 Å². The molecule has 0 saturated heterocycles. The maximum Gasteiger partial charge on any atom is 0.237 e. The third-order valence-electron chi connectivity index (χ3n) is 3.69. The first-order valence-electron chi connectivity index (χ1n) is 8.03. The third kappa shape index (κ3) is 3.99. The SMILES string of the molecule is Cc1nc(-c2sc(-c3cccc(F)c3)nc2OCc2ccc(Cl)cc2)no1.